The fourth-order valence-corrected chi connectivity index (χ4v) is 3.40. The predicted octanol–water partition coefficient (Wildman–Crippen LogP) is 2.68. The maximum Gasteiger partial charge on any atom is 0.379 e. The van der Waals surface area contributed by atoms with Gasteiger partial charge in [0.1, 0.15) is 11.8 Å². The van der Waals surface area contributed by atoms with Crippen molar-refractivity contribution in [2.45, 2.75) is 71.1 Å². The molecule has 136 valence electrons. The molecule has 2 atom stereocenters. The summed E-state index contributed by atoms with van der Waals surface area (Å²) >= 11 is 0. The first kappa shape index (κ1) is 20.0. The van der Waals surface area contributed by atoms with E-state index in [0.29, 0.717) is 6.61 Å². The van der Waals surface area contributed by atoms with Gasteiger partial charge in [-0.05, 0) is 51.2 Å². The number of aryl methyl sites for hydroxylation is 1. The molecule has 2 rings (SSSR count). The van der Waals surface area contributed by atoms with Crippen molar-refractivity contribution in [3.63, 3.8) is 0 Å². The van der Waals surface area contributed by atoms with E-state index in [2.05, 4.69) is 30.9 Å². The topological polar surface area (TPSA) is 52.9 Å². The monoisotopic (exact) mass is 343 g/mol. The Morgan fingerprint density at radius 3 is 2.60 bits per heavy atom. The molecule has 0 bridgehead atoms. The zero-order valence-electron chi connectivity index (χ0n) is 15.8. The van der Waals surface area contributed by atoms with E-state index >= 15 is 0 Å². The second-order valence-corrected chi connectivity index (χ2v) is 7.23. The number of ether oxygens (including phenoxy) is 1. The molecule has 0 amide bonds. The number of rotatable bonds is 6. The molecule has 0 spiro atoms. The number of nitrogens with zero attached hydrogens (tertiary/aromatic N) is 1. The molecule has 0 saturated carbocycles. The van der Waals surface area contributed by atoms with E-state index in [0.717, 1.165) is 12.0 Å². The Kier molecular flexibility index (Phi) is 7.09. The standard InChI is InChI=1S/C20H30BNO3/c1-5-6-7-8-16-9-11-17(12-10-16)13-14-19(23)18-15-25-20(2,3)22(18)21(4)24/h9-12,18-19,23-24H,5-8,15H2,1-4H3/t18-,19+/m1/s1. The van der Waals surface area contributed by atoms with Gasteiger partial charge in [-0.15, -0.1) is 0 Å². The third-order valence-electron chi connectivity index (χ3n) is 4.74. The maximum atomic E-state index is 10.5. The van der Waals surface area contributed by atoms with Gasteiger partial charge < -0.3 is 14.9 Å². The molecule has 1 aliphatic heterocycles. The van der Waals surface area contributed by atoms with Gasteiger partial charge in [0.15, 0.2) is 0 Å². The molecule has 4 nitrogen and oxygen atoms in total. The van der Waals surface area contributed by atoms with Crippen LogP contribution in [0.3, 0.4) is 0 Å². The van der Waals surface area contributed by atoms with E-state index in [-0.39, 0.29) is 6.04 Å². The zero-order chi connectivity index (χ0) is 18.4. The number of aliphatic hydroxyl groups excluding tert-OH is 1. The third-order valence-corrected chi connectivity index (χ3v) is 4.74. The lowest BCUT2D eigenvalue weighted by Gasteiger charge is -2.35. The van der Waals surface area contributed by atoms with Crippen molar-refractivity contribution in [3.05, 3.63) is 35.4 Å². The number of benzene rings is 1. The van der Waals surface area contributed by atoms with Gasteiger partial charge in [-0.1, -0.05) is 43.7 Å². The Balaban J connectivity index is 2.00. The van der Waals surface area contributed by atoms with Gasteiger partial charge in [0, 0.05) is 5.56 Å². The Hall–Kier alpha value is -1.32. The summed E-state index contributed by atoms with van der Waals surface area (Å²) in [6.07, 6.45) is 3.93. The first-order valence-electron chi connectivity index (χ1n) is 9.24. The van der Waals surface area contributed by atoms with Gasteiger partial charge in [-0.3, -0.25) is 4.81 Å². The predicted molar refractivity (Wildman–Crippen MR) is 102 cm³/mol. The summed E-state index contributed by atoms with van der Waals surface area (Å²) in [5.74, 6) is 5.95. The summed E-state index contributed by atoms with van der Waals surface area (Å²) < 4.78 is 5.70. The van der Waals surface area contributed by atoms with Gasteiger partial charge in [0.2, 0.25) is 0 Å². The number of hydrogen-bond acceptors (Lipinski definition) is 4. The van der Waals surface area contributed by atoms with Crippen molar-refractivity contribution in [2.24, 2.45) is 0 Å². The molecule has 1 aliphatic rings. The summed E-state index contributed by atoms with van der Waals surface area (Å²) in [5, 5.41) is 20.5. The molecule has 1 saturated heterocycles. The van der Waals surface area contributed by atoms with Crippen LogP contribution < -0.4 is 0 Å². The average Bonchev–Trinajstić information content (AvgIpc) is 2.89. The van der Waals surface area contributed by atoms with Gasteiger partial charge >= 0.3 is 7.05 Å². The fourth-order valence-electron chi connectivity index (χ4n) is 3.40. The van der Waals surface area contributed by atoms with E-state index in [1.54, 1.807) is 11.6 Å². The molecule has 5 heteroatoms. The van der Waals surface area contributed by atoms with Crippen molar-refractivity contribution in [1.29, 1.82) is 0 Å². The van der Waals surface area contributed by atoms with Crippen LogP contribution in [0.1, 0.15) is 51.2 Å². The summed E-state index contributed by atoms with van der Waals surface area (Å²) in [6.45, 7) is 8.01. The number of hydrogen-bond donors (Lipinski definition) is 2. The maximum absolute atomic E-state index is 10.5. The van der Waals surface area contributed by atoms with E-state index in [4.69, 9.17) is 4.74 Å². The Morgan fingerprint density at radius 2 is 2.00 bits per heavy atom. The normalized spacial score (nSPS) is 20.8. The molecule has 0 unspecified atom stereocenters. The van der Waals surface area contributed by atoms with Crippen LogP contribution in [-0.4, -0.2) is 46.5 Å². The highest BCUT2D eigenvalue weighted by Crippen LogP contribution is 2.29. The molecule has 1 fully saturated rings. The van der Waals surface area contributed by atoms with Gasteiger partial charge in [-0.25, -0.2) is 0 Å². The summed E-state index contributed by atoms with van der Waals surface area (Å²) in [7, 11) is -0.707. The highest BCUT2D eigenvalue weighted by molar-refractivity contribution is 6.45. The largest absolute Gasteiger partial charge is 0.437 e. The first-order chi connectivity index (χ1) is 11.8. The van der Waals surface area contributed by atoms with Crippen molar-refractivity contribution < 1.29 is 14.9 Å². The van der Waals surface area contributed by atoms with Crippen LogP contribution in [0.15, 0.2) is 24.3 Å². The van der Waals surface area contributed by atoms with Gasteiger partial charge in [0.25, 0.3) is 0 Å². The van der Waals surface area contributed by atoms with Gasteiger partial charge in [-0.2, -0.15) is 0 Å². The van der Waals surface area contributed by atoms with Crippen LogP contribution in [0.5, 0.6) is 0 Å². The van der Waals surface area contributed by atoms with Crippen molar-refractivity contribution in [1.82, 2.24) is 4.81 Å². The Bertz CT molecular complexity index is 604. The molecule has 0 aromatic heterocycles. The molecule has 25 heavy (non-hydrogen) atoms. The lowest BCUT2D eigenvalue weighted by molar-refractivity contribution is -0.0248. The second kappa shape index (κ2) is 8.87. The molecular weight excluding hydrogens is 313 g/mol. The lowest BCUT2D eigenvalue weighted by Crippen LogP contribution is -2.55. The van der Waals surface area contributed by atoms with E-state index in [1.165, 1.54) is 24.8 Å². The molecular formula is C20H30BNO3. The summed E-state index contributed by atoms with van der Waals surface area (Å²) in [5.41, 5.74) is 1.60. The van der Waals surface area contributed by atoms with Crippen LogP contribution in [0.25, 0.3) is 0 Å². The van der Waals surface area contributed by atoms with Crippen molar-refractivity contribution in [3.8, 4) is 11.8 Å². The van der Waals surface area contributed by atoms with E-state index < -0.39 is 18.9 Å². The molecule has 1 heterocycles. The van der Waals surface area contributed by atoms with Crippen LogP contribution in [0.2, 0.25) is 6.82 Å². The highest BCUT2D eigenvalue weighted by Gasteiger charge is 2.46. The second-order valence-electron chi connectivity index (χ2n) is 7.23. The van der Waals surface area contributed by atoms with Crippen LogP contribution in [0.4, 0.5) is 0 Å². The third kappa shape index (κ3) is 5.33. The van der Waals surface area contributed by atoms with Gasteiger partial charge in [0.05, 0.1) is 12.6 Å². The molecule has 1 aromatic carbocycles. The van der Waals surface area contributed by atoms with Crippen LogP contribution in [-0.2, 0) is 11.2 Å². The summed E-state index contributed by atoms with van der Waals surface area (Å²) in [6, 6.07) is 7.88. The minimum absolute atomic E-state index is 0.337. The molecule has 0 aliphatic carbocycles. The number of unbranched alkanes of at least 4 members (excludes halogenated alkanes) is 2. The Labute approximate surface area is 152 Å². The van der Waals surface area contributed by atoms with Crippen LogP contribution in [0, 0.1) is 11.8 Å². The van der Waals surface area contributed by atoms with E-state index in [1.807, 2.05) is 26.0 Å². The molecule has 1 aromatic rings. The summed E-state index contributed by atoms with van der Waals surface area (Å²) in [4.78, 5) is 1.77. The quantitative estimate of drug-likeness (QED) is 0.474. The zero-order valence-corrected chi connectivity index (χ0v) is 15.8. The Morgan fingerprint density at radius 1 is 1.32 bits per heavy atom. The smallest absolute Gasteiger partial charge is 0.379 e. The van der Waals surface area contributed by atoms with E-state index in [9.17, 15) is 10.1 Å². The van der Waals surface area contributed by atoms with Crippen molar-refractivity contribution in [2.75, 3.05) is 6.61 Å². The lowest BCUT2D eigenvalue weighted by atomic mass is 9.80. The minimum Gasteiger partial charge on any atom is -0.437 e. The minimum atomic E-state index is -0.874. The van der Waals surface area contributed by atoms with Crippen LogP contribution >= 0.6 is 0 Å². The fraction of sp³-hybridized carbons (Fsp3) is 0.600. The average molecular weight is 343 g/mol. The number of aliphatic hydroxyl groups is 1. The molecule has 2 N–H and O–H groups in total. The SMILES string of the molecule is CCCCCc1ccc(C#C[C@H](O)[C@H]2COC(C)(C)N2B(C)O)cc1. The molecule has 0 radical (unpaired) electrons. The van der Waals surface area contributed by atoms with Crippen molar-refractivity contribution >= 4 is 7.05 Å². The first-order valence-corrected chi connectivity index (χ1v) is 9.24. The highest BCUT2D eigenvalue weighted by atomic mass is 16.5.